The molecule has 0 aromatic rings. The normalized spacial score (nSPS) is 30.0. The van der Waals surface area contributed by atoms with Crippen LogP contribution in [-0.2, 0) is 4.79 Å². The van der Waals surface area contributed by atoms with Crippen LogP contribution in [0.3, 0.4) is 0 Å². The summed E-state index contributed by atoms with van der Waals surface area (Å²) >= 11 is 0. The lowest BCUT2D eigenvalue weighted by Crippen LogP contribution is -2.26. The molecule has 2 aliphatic rings. The van der Waals surface area contributed by atoms with Crippen LogP contribution in [0.15, 0.2) is 11.6 Å². The fourth-order valence-electron chi connectivity index (χ4n) is 3.38. The first-order valence-corrected chi connectivity index (χ1v) is 6.32. The molecule has 15 heavy (non-hydrogen) atoms. The number of carbonyl (C=O) groups excluding carboxylic acids is 1. The van der Waals surface area contributed by atoms with E-state index in [1.165, 1.54) is 32.1 Å². The maximum Gasteiger partial charge on any atom is 0.155 e. The Bertz CT molecular complexity index is 282. The number of hydrogen-bond donors (Lipinski definition) is 0. The van der Waals surface area contributed by atoms with Crippen molar-refractivity contribution in [2.45, 2.75) is 58.8 Å². The van der Waals surface area contributed by atoms with Crippen LogP contribution < -0.4 is 0 Å². The summed E-state index contributed by atoms with van der Waals surface area (Å²) in [5.41, 5.74) is 1.66. The number of ketones is 1. The van der Waals surface area contributed by atoms with E-state index in [2.05, 4.69) is 13.0 Å². The Morgan fingerprint density at radius 3 is 2.53 bits per heavy atom. The van der Waals surface area contributed by atoms with Crippen molar-refractivity contribution >= 4 is 5.78 Å². The van der Waals surface area contributed by atoms with Crippen LogP contribution in [0.5, 0.6) is 0 Å². The van der Waals surface area contributed by atoms with Gasteiger partial charge in [-0.25, -0.2) is 0 Å². The Kier molecular flexibility index (Phi) is 2.99. The molecule has 0 bridgehead atoms. The number of carbonyl (C=O) groups is 1. The molecule has 1 heteroatoms. The first-order chi connectivity index (χ1) is 7.12. The molecule has 1 nitrogen and oxygen atoms in total. The summed E-state index contributed by atoms with van der Waals surface area (Å²) in [6.45, 7) is 4.15. The molecule has 1 fully saturated rings. The predicted octanol–water partition coefficient (Wildman–Crippen LogP) is 3.88. The molecule has 84 valence electrons. The van der Waals surface area contributed by atoms with Gasteiger partial charge >= 0.3 is 0 Å². The van der Waals surface area contributed by atoms with E-state index in [0.717, 1.165) is 24.3 Å². The second kappa shape index (κ2) is 4.11. The number of allylic oxidation sites excluding steroid dienone is 2. The molecule has 0 N–H and O–H groups in total. The number of hydrogen-bond acceptors (Lipinski definition) is 1. The topological polar surface area (TPSA) is 17.1 Å². The molecule has 0 aromatic heterocycles. The van der Waals surface area contributed by atoms with Crippen molar-refractivity contribution in [3.8, 4) is 0 Å². The van der Waals surface area contributed by atoms with Crippen molar-refractivity contribution in [3.05, 3.63) is 11.6 Å². The van der Waals surface area contributed by atoms with Gasteiger partial charge in [0.1, 0.15) is 0 Å². The molecule has 0 spiro atoms. The van der Waals surface area contributed by atoms with E-state index in [1.54, 1.807) is 6.92 Å². The highest BCUT2D eigenvalue weighted by Gasteiger charge is 2.37. The largest absolute Gasteiger partial charge is 0.295 e. The highest BCUT2D eigenvalue weighted by atomic mass is 16.1. The number of rotatable bonds is 2. The standard InChI is InChI=1S/C14H22O/c1-11(15)12-5-7-13(8-6-12)14(2)9-3-4-10-14/h5,13H,3-4,6-10H2,1-2H3. The van der Waals surface area contributed by atoms with Gasteiger partial charge in [-0.2, -0.15) is 0 Å². The van der Waals surface area contributed by atoms with Gasteiger partial charge < -0.3 is 0 Å². The summed E-state index contributed by atoms with van der Waals surface area (Å²) in [5.74, 6) is 1.12. The maximum absolute atomic E-state index is 11.2. The van der Waals surface area contributed by atoms with E-state index in [4.69, 9.17) is 0 Å². The zero-order valence-electron chi connectivity index (χ0n) is 10.0. The Morgan fingerprint density at radius 1 is 1.40 bits per heavy atom. The van der Waals surface area contributed by atoms with Crippen LogP contribution in [0.25, 0.3) is 0 Å². The van der Waals surface area contributed by atoms with Gasteiger partial charge in [0.05, 0.1) is 0 Å². The highest BCUT2D eigenvalue weighted by molar-refractivity contribution is 5.93. The molecule has 2 aliphatic carbocycles. The van der Waals surface area contributed by atoms with Crippen molar-refractivity contribution in [2.75, 3.05) is 0 Å². The fraction of sp³-hybridized carbons (Fsp3) is 0.786. The molecule has 0 aliphatic heterocycles. The zero-order valence-corrected chi connectivity index (χ0v) is 10.0. The molecule has 1 unspecified atom stereocenters. The monoisotopic (exact) mass is 206 g/mol. The predicted molar refractivity (Wildman–Crippen MR) is 62.7 cm³/mol. The zero-order chi connectivity index (χ0) is 10.9. The van der Waals surface area contributed by atoms with Crippen LogP contribution in [0.2, 0.25) is 0 Å². The van der Waals surface area contributed by atoms with Gasteiger partial charge in [-0.1, -0.05) is 25.8 Å². The molecule has 2 rings (SSSR count). The molecule has 0 amide bonds. The van der Waals surface area contributed by atoms with Gasteiger partial charge in [-0.3, -0.25) is 4.79 Å². The minimum Gasteiger partial charge on any atom is -0.295 e. The molecule has 0 aromatic carbocycles. The SMILES string of the molecule is CC(=O)C1=CCC(C2(C)CCCC2)CC1. The van der Waals surface area contributed by atoms with E-state index in [-0.39, 0.29) is 5.78 Å². The minimum atomic E-state index is 0.282. The van der Waals surface area contributed by atoms with Crippen LogP contribution >= 0.6 is 0 Å². The second-order valence-electron chi connectivity index (χ2n) is 5.62. The molecule has 0 heterocycles. The van der Waals surface area contributed by atoms with Crippen LogP contribution in [0, 0.1) is 11.3 Å². The second-order valence-corrected chi connectivity index (χ2v) is 5.62. The van der Waals surface area contributed by atoms with E-state index < -0.39 is 0 Å². The summed E-state index contributed by atoms with van der Waals surface area (Å²) in [5, 5.41) is 0. The van der Waals surface area contributed by atoms with E-state index in [1.807, 2.05) is 0 Å². The van der Waals surface area contributed by atoms with Gasteiger partial charge in [0, 0.05) is 0 Å². The summed E-state index contributed by atoms with van der Waals surface area (Å²) in [4.78, 5) is 11.2. The fourth-order valence-corrected chi connectivity index (χ4v) is 3.38. The molecule has 0 saturated heterocycles. The van der Waals surface area contributed by atoms with E-state index in [9.17, 15) is 4.79 Å². The Balaban J connectivity index is 2.01. The van der Waals surface area contributed by atoms with Gasteiger partial charge in [0.15, 0.2) is 5.78 Å². The summed E-state index contributed by atoms with van der Waals surface area (Å²) in [7, 11) is 0. The van der Waals surface area contributed by atoms with Gasteiger partial charge in [-0.05, 0) is 55.9 Å². The van der Waals surface area contributed by atoms with E-state index >= 15 is 0 Å². The van der Waals surface area contributed by atoms with Crippen LogP contribution in [0.1, 0.15) is 58.8 Å². The molecular formula is C14H22O. The highest BCUT2D eigenvalue weighted by Crippen LogP contribution is 2.48. The van der Waals surface area contributed by atoms with Crippen molar-refractivity contribution in [1.29, 1.82) is 0 Å². The van der Waals surface area contributed by atoms with Crippen molar-refractivity contribution in [1.82, 2.24) is 0 Å². The maximum atomic E-state index is 11.2. The molecule has 1 saturated carbocycles. The summed E-state index contributed by atoms with van der Waals surface area (Å²) in [6, 6.07) is 0. The molecule has 0 radical (unpaired) electrons. The quantitative estimate of drug-likeness (QED) is 0.670. The van der Waals surface area contributed by atoms with Crippen LogP contribution in [-0.4, -0.2) is 5.78 Å². The van der Waals surface area contributed by atoms with Crippen LogP contribution in [0.4, 0.5) is 0 Å². The van der Waals surface area contributed by atoms with Gasteiger partial charge in [-0.15, -0.1) is 0 Å². The van der Waals surface area contributed by atoms with Crippen molar-refractivity contribution in [2.24, 2.45) is 11.3 Å². The van der Waals surface area contributed by atoms with E-state index in [0.29, 0.717) is 5.41 Å². The first-order valence-electron chi connectivity index (χ1n) is 6.32. The van der Waals surface area contributed by atoms with Crippen molar-refractivity contribution < 1.29 is 4.79 Å². The third-order valence-corrected chi connectivity index (χ3v) is 4.59. The molecule has 1 atom stereocenters. The Hall–Kier alpha value is -0.590. The van der Waals surface area contributed by atoms with Gasteiger partial charge in [0.2, 0.25) is 0 Å². The smallest absolute Gasteiger partial charge is 0.155 e. The lowest BCUT2D eigenvalue weighted by atomic mass is 9.69. The average molecular weight is 206 g/mol. The summed E-state index contributed by atoms with van der Waals surface area (Å²) in [6.07, 6.45) is 11.2. The first kappa shape index (κ1) is 10.9. The van der Waals surface area contributed by atoms with Gasteiger partial charge in [0.25, 0.3) is 0 Å². The number of Topliss-reactive ketones (excluding diaryl/α,β-unsaturated/α-hetero) is 1. The average Bonchev–Trinajstić information content (AvgIpc) is 2.67. The van der Waals surface area contributed by atoms with Crippen molar-refractivity contribution in [3.63, 3.8) is 0 Å². The third kappa shape index (κ3) is 2.16. The summed E-state index contributed by atoms with van der Waals surface area (Å²) < 4.78 is 0. The lowest BCUT2D eigenvalue weighted by Gasteiger charge is -2.36. The third-order valence-electron chi connectivity index (χ3n) is 4.59. The Labute approximate surface area is 92.9 Å². The minimum absolute atomic E-state index is 0.282. The Morgan fingerprint density at radius 2 is 2.07 bits per heavy atom. The lowest BCUT2D eigenvalue weighted by molar-refractivity contribution is -0.113. The molecular weight excluding hydrogens is 184 g/mol.